The highest BCUT2D eigenvalue weighted by Gasteiger charge is 2.19. The van der Waals surface area contributed by atoms with Crippen molar-refractivity contribution in [3.05, 3.63) is 49.2 Å². The smallest absolute Gasteiger partial charge is 0.145 e. The van der Waals surface area contributed by atoms with Crippen LogP contribution >= 0.6 is 0 Å². The van der Waals surface area contributed by atoms with Crippen LogP contribution in [0.3, 0.4) is 0 Å². The molecule has 0 amide bonds. The second-order valence-corrected chi connectivity index (χ2v) is 4.47. The number of allylic oxidation sites excluding steroid dienone is 3. The molecule has 0 fully saturated rings. The standard InChI is InChI=1S/C16H19N3O2/c1-4-7-12(5-2)17-18-13-10-16-14(11-15(13)20)19(6-3)8-9-21-16/h4-5,7,10-11,20H,1-2,6,8-9H2,3H3. The number of phenols is 1. The number of ether oxygens (including phenoxy) is 1. The molecule has 110 valence electrons. The van der Waals surface area contributed by atoms with Gasteiger partial charge in [-0.05, 0) is 19.1 Å². The number of phenolic OH excluding ortho intramolecular Hbond substituents is 1. The summed E-state index contributed by atoms with van der Waals surface area (Å²) < 4.78 is 5.63. The Morgan fingerprint density at radius 1 is 1.48 bits per heavy atom. The van der Waals surface area contributed by atoms with Crippen molar-refractivity contribution in [1.29, 1.82) is 0 Å². The van der Waals surface area contributed by atoms with Gasteiger partial charge in [-0.15, -0.1) is 5.11 Å². The van der Waals surface area contributed by atoms with E-state index >= 15 is 0 Å². The molecule has 5 nitrogen and oxygen atoms in total. The first-order chi connectivity index (χ1) is 10.2. The predicted molar refractivity (Wildman–Crippen MR) is 84.5 cm³/mol. The van der Waals surface area contributed by atoms with Crippen LogP contribution in [0.2, 0.25) is 0 Å². The van der Waals surface area contributed by atoms with Gasteiger partial charge in [-0.2, -0.15) is 5.11 Å². The fourth-order valence-electron chi connectivity index (χ4n) is 2.08. The second-order valence-electron chi connectivity index (χ2n) is 4.47. The summed E-state index contributed by atoms with van der Waals surface area (Å²) in [7, 11) is 0. The van der Waals surface area contributed by atoms with Crippen molar-refractivity contribution in [3.63, 3.8) is 0 Å². The van der Waals surface area contributed by atoms with E-state index in [1.165, 1.54) is 0 Å². The Morgan fingerprint density at radius 2 is 2.29 bits per heavy atom. The van der Waals surface area contributed by atoms with E-state index < -0.39 is 0 Å². The van der Waals surface area contributed by atoms with Crippen molar-refractivity contribution in [3.8, 4) is 11.5 Å². The molecule has 0 atom stereocenters. The molecule has 1 heterocycles. The number of azo groups is 1. The molecule has 0 saturated heterocycles. The van der Waals surface area contributed by atoms with E-state index in [1.807, 2.05) is 0 Å². The van der Waals surface area contributed by atoms with Gasteiger partial charge >= 0.3 is 0 Å². The first-order valence-electron chi connectivity index (χ1n) is 6.81. The highest BCUT2D eigenvalue weighted by Crippen LogP contribution is 2.41. The van der Waals surface area contributed by atoms with E-state index in [2.05, 4.69) is 35.2 Å². The maximum Gasteiger partial charge on any atom is 0.145 e. The Labute approximate surface area is 124 Å². The summed E-state index contributed by atoms with van der Waals surface area (Å²) in [5, 5.41) is 18.2. The zero-order valence-corrected chi connectivity index (χ0v) is 12.1. The van der Waals surface area contributed by atoms with Crippen LogP contribution in [0.1, 0.15) is 6.92 Å². The van der Waals surface area contributed by atoms with Gasteiger partial charge in [0.15, 0.2) is 0 Å². The summed E-state index contributed by atoms with van der Waals surface area (Å²) in [6.45, 7) is 11.6. The molecule has 0 spiro atoms. The number of fused-ring (bicyclic) bond motifs is 1. The monoisotopic (exact) mass is 285 g/mol. The molecule has 0 bridgehead atoms. The fourth-order valence-corrected chi connectivity index (χ4v) is 2.08. The lowest BCUT2D eigenvalue weighted by atomic mass is 10.2. The van der Waals surface area contributed by atoms with Crippen LogP contribution in [0.25, 0.3) is 0 Å². The average Bonchev–Trinajstić information content (AvgIpc) is 2.51. The molecular weight excluding hydrogens is 266 g/mol. The molecule has 0 saturated carbocycles. The Hall–Kier alpha value is -2.56. The number of hydrogen-bond acceptors (Lipinski definition) is 5. The molecule has 21 heavy (non-hydrogen) atoms. The quantitative estimate of drug-likeness (QED) is 0.658. The molecule has 1 aliphatic heterocycles. The molecule has 2 rings (SSSR count). The molecule has 5 heteroatoms. The molecule has 1 aliphatic rings. The van der Waals surface area contributed by atoms with Gasteiger partial charge in [0.25, 0.3) is 0 Å². The van der Waals surface area contributed by atoms with E-state index in [4.69, 9.17) is 4.74 Å². The van der Waals surface area contributed by atoms with Crippen LogP contribution in [-0.2, 0) is 0 Å². The van der Waals surface area contributed by atoms with Crippen LogP contribution in [-0.4, -0.2) is 24.8 Å². The highest BCUT2D eigenvalue weighted by atomic mass is 16.5. The first kappa shape index (κ1) is 14.8. The van der Waals surface area contributed by atoms with E-state index in [0.29, 0.717) is 23.7 Å². The van der Waals surface area contributed by atoms with Gasteiger partial charge in [0.2, 0.25) is 0 Å². The van der Waals surface area contributed by atoms with Gasteiger partial charge in [0.05, 0.1) is 17.9 Å². The molecule has 1 N–H and O–H groups in total. The van der Waals surface area contributed by atoms with Gasteiger partial charge in [0.1, 0.15) is 23.8 Å². The molecule has 0 aliphatic carbocycles. The molecular formula is C16H19N3O2. The first-order valence-corrected chi connectivity index (χ1v) is 6.81. The van der Waals surface area contributed by atoms with E-state index in [-0.39, 0.29) is 5.75 Å². The lowest BCUT2D eigenvalue weighted by molar-refractivity contribution is 0.308. The van der Waals surface area contributed by atoms with Crippen LogP contribution in [0.15, 0.2) is 59.4 Å². The molecule has 1 aromatic carbocycles. The van der Waals surface area contributed by atoms with Crippen molar-refractivity contribution in [2.24, 2.45) is 10.2 Å². The van der Waals surface area contributed by atoms with Gasteiger partial charge in [-0.3, -0.25) is 0 Å². The minimum absolute atomic E-state index is 0.0727. The summed E-state index contributed by atoms with van der Waals surface area (Å²) >= 11 is 0. The zero-order valence-electron chi connectivity index (χ0n) is 12.1. The number of aromatic hydroxyl groups is 1. The van der Waals surface area contributed by atoms with Crippen LogP contribution in [0.4, 0.5) is 11.4 Å². The Morgan fingerprint density at radius 3 is 2.95 bits per heavy atom. The largest absolute Gasteiger partial charge is 0.506 e. The second kappa shape index (κ2) is 6.74. The third-order valence-corrected chi connectivity index (χ3v) is 3.17. The van der Waals surface area contributed by atoms with E-state index in [1.54, 1.807) is 30.4 Å². The summed E-state index contributed by atoms with van der Waals surface area (Å²) in [4.78, 5) is 2.15. The van der Waals surface area contributed by atoms with Gasteiger partial charge in [0, 0.05) is 18.7 Å². The Kier molecular flexibility index (Phi) is 4.77. The summed E-state index contributed by atoms with van der Waals surface area (Å²) in [5.41, 5.74) is 1.81. The molecule has 0 aromatic heterocycles. The van der Waals surface area contributed by atoms with Gasteiger partial charge in [-0.25, -0.2) is 0 Å². The zero-order chi connectivity index (χ0) is 15.2. The minimum atomic E-state index is 0.0727. The van der Waals surface area contributed by atoms with Crippen LogP contribution < -0.4 is 9.64 Å². The Balaban J connectivity index is 2.34. The van der Waals surface area contributed by atoms with Crippen molar-refractivity contribution >= 4 is 11.4 Å². The predicted octanol–water partition coefficient (Wildman–Crippen LogP) is 3.95. The van der Waals surface area contributed by atoms with Gasteiger partial charge in [-0.1, -0.05) is 19.2 Å². The number of anilines is 1. The van der Waals surface area contributed by atoms with Crippen molar-refractivity contribution in [2.45, 2.75) is 6.92 Å². The normalized spacial score (nSPS) is 14.7. The summed E-state index contributed by atoms with van der Waals surface area (Å²) in [6.07, 6.45) is 4.85. The minimum Gasteiger partial charge on any atom is -0.506 e. The topological polar surface area (TPSA) is 57.4 Å². The van der Waals surface area contributed by atoms with E-state index in [9.17, 15) is 5.11 Å². The third kappa shape index (κ3) is 3.31. The molecule has 0 unspecified atom stereocenters. The molecule has 1 aromatic rings. The van der Waals surface area contributed by atoms with E-state index in [0.717, 1.165) is 18.8 Å². The lowest BCUT2D eigenvalue weighted by Gasteiger charge is -2.30. The molecule has 0 radical (unpaired) electrons. The van der Waals surface area contributed by atoms with Crippen molar-refractivity contribution in [1.82, 2.24) is 0 Å². The van der Waals surface area contributed by atoms with Crippen LogP contribution in [0, 0.1) is 0 Å². The van der Waals surface area contributed by atoms with Crippen molar-refractivity contribution in [2.75, 3.05) is 24.6 Å². The van der Waals surface area contributed by atoms with Gasteiger partial charge < -0.3 is 14.7 Å². The SMILES string of the molecule is C=CC=C(C=C)N=Nc1cc2c(cc1O)N(CC)CCO2. The highest BCUT2D eigenvalue weighted by molar-refractivity contribution is 5.70. The maximum absolute atomic E-state index is 10.1. The number of nitrogens with zero attached hydrogens (tertiary/aromatic N) is 3. The fraction of sp³-hybridized carbons (Fsp3) is 0.250. The number of hydrogen-bond donors (Lipinski definition) is 1. The van der Waals surface area contributed by atoms with Crippen LogP contribution in [0.5, 0.6) is 11.5 Å². The number of rotatable bonds is 5. The average molecular weight is 285 g/mol. The number of likely N-dealkylation sites (N-methyl/N-ethyl adjacent to an activating group) is 1. The maximum atomic E-state index is 10.1. The third-order valence-electron chi connectivity index (χ3n) is 3.17. The Bertz CT molecular complexity index is 606. The lowest BCUT2D eigenvalue weighted by Crippen LogP contribution is -2.32. The number of benzene rings is 1. The summed E-state index contributed by atoms with van der Waals surface area (Å²) in [5.74, 6) is 0.783. The van der Waals surface area contributed by atoms with Crippen molar-refractivity contribution < 1.29 is 9.84 Å². The summed E-state index contributed by atoms with van der Waals surface area (Å²) in [6, 6.07) is 3.36.